The van der Waals surface area contributed by atoms with Gasteiger partial charge in [0.15, 0.2) is 5.78 Å². The van der Waals surface area contributed by atoms with E-state index in [1.54, 1.807) is 12.1 Å². The predicted octanol–water partition coefficient (Wildman–Crippen LogP) is 4.60. The summed E-state index contributed by atoms with van der Waals surface area (Å²) in [5.41, 5.74) is 3.19. The second kappa shape index (κ2) is 4.58. The molecular weight excluding hydrogens is 307 g/mol. The van der Waals surface area contributed by atoms with Crippen LogP contribution in [-0.4, -0.2) is 15.3 Å². The quantitative estimate of drug-likeness (QED) is 0.657. The molecule has 104 valence electrons. The largest absolute Gasteiger partial charge is 0.323 e. The minimum absolute atomic E-state index is 0.145. The van der Waals surface area contributed by atoms with Crippen LogP contribution in [0.4, 0.5) is 0 Å². The number of imidazole rings is 1. The summed E-state index contributed by atoms with van der Waals surface area (Å²) in [6.07, 6.45) is 0.487. The highest BCUT2D eigenvalue weighted by Gasteiger charge is 2.25. The van der Waals surface area contributed by atoms with Gasteiger partial charge in [-0.3, -0.25) is 4.79 Å². The average molecular weight is 317 g/mol. The van der Waals surface area contributed by atoms with Gasteiger partial charge in [-0.25, -0.2) is 4.98 Å². The fraction of sp³-hybridized carbons (Fsp3) is 0.125. The van der Waals surface area contributed by atoms with E-state index in [9.17, 15) is 4.79 Å². The van der Waals surface area contributed by atoms with Crippen molar-refractivity contribution < 1.29 is 4.79 Å². The molecule has 2 heterocycles. The van der Waals surface area contributed by atoms with Gasteiger partial charge in [-0.05, 0) is 36.4 Å². The fourth-order valence-electron chi connectivity index (χ4n) is 2.82. The van der Waals surface area contributed by atoms with Crippen molar-refractivity contribution in [2.75, 3.05) is 0 Å². The van der Waals surface area contributed by atoms with Crippen LogP contribution in [0.1, 0.15) is 16.8 Å². The van der Waals surface area contributed by atoms with Gasteiger partial charge >= 0.3 is 0 Å². The summed E-state index contributed by atoms with van der Waals surface area (Å²) in [4.78, 5) is 16.7. The lowest BCUT2D eigenvalue weighted by Crippen LogP contribution is -2.14. The molecule has 4 rings (SSSR count). The average Bonchev–Trinajstić information content (AvgIpc) is 2.87. The molecule has 0 bridgehead atoms. The molecule has 0 saturated carbocycles. The standard InChI is InChI=1S/C16H10Cl2N2O/c17-10-3-1-9(2-4-10)16-19-14-12(18)6-5-11-13(21)7-8-20(16)15(11)14/h1-6H,7-8H2. The molecule has 0 aliphatic carbocycles. The van der Waals surface area contributed by atoms with Gasteiger partial charge in [0, 0.05) is 29.1 Å². The van der Waals surface area contributed by atoms with Crippen LogP contribution < -0.4 is 0 Å². The van der Waals surface area contributed by atoms with Crippen molar-refractivity contribution in [3.8, 4) is 11.4 Å². The first kappa shape index (κ1) is 12.9. The molecule has 2 aromatic carbocycles. The first-order valence-corrected chi connectivity index (χ1v) is 7.38. The number of carbonyl (C=O) groups is 1. The summed E-state index contributed by atoms with van der Waals surface area (Å²) in [5.74, 6) is 0.968. The Morgan fingerprint density at radius 2 is 1.81 bits per heavy atom. The number of nitrogens with zero attached hydrogens (tertiary/aromatic N) is 2. The topological polar surface area (TPSA) is 34.9 Å². The Bertz CT molecular complexity index is 881. The van der Waals surface area contributed by atoms with Crippen molar-refractivity contribution in [1.82, 2.24) is 9.55 Å². The molecule has 1 aliphatic rings. The lowest BCUT2D eigenvalue weighted by atomic mass is 10.0. The molecule has 0 atom stereocenters. The number of hydrogen-bond acceptors (Lipinski definition) is 2. The minimum Gasteiger partial charge on any atom is -0.323 e. The number of Topliss-reactive ketones (excluding diaryl/α,β-unsaturated/α-hetero) is 1. The Balaban J connectivity index is 2.06. The molecule has 21 heavy (non-hydrogen) atoms. The Hall–Kier alpha value is -1.84. The van der Waals surface area contributed by atoms with Crippen molar-refractivity contribution in [2.45, 2.75) is 13.0 Å². The molecule has 0 amide bonds. The summed E-state index contributed by atoms with van der Waals surface area (Å²) in [7, 11) is 0. The highest BCUT2D eigenvalue weighted by atomic mass is 35.5. The number of hydrogen-bond donors (Lipinski definition) is 0. The Morgan fingerprint density at radius 1 is 1.05 bits per heavy atom. The van der Waals surface area contributed by atoms with E-state index >= 15 is 0 Å². The van der Waals surface area contributed by atoms with Gasteiger partial charge < -0.3 is 4.57 Å². The molecule has 1 aromatic heterocycles. The van der Waals surface area contributed by atoms with Crippen molar-refractivity contribution in [3.63, 3.8) is 0 Å². The summed E-state index contributed by atoms with van der Waals surface area (Å²) < 4.78 is 2.07. The van der Waals surface area contributed by atoms with Gasteiger partial charge in [0.1, 0.15) is 11.3 Å². The highest BCUT2D eigenvalue weighted by Crippen LogP contribution is 2.34. The van der Waals surface area contributed by atoms with Gasteiger partial charge in [-0.2, -0.15) is 0 Å². The number of benzene rings is 2. The van der Waals surface area contributed by atoms with E-state index in [2.05, 4.69) is 9.55 Å². The number of rotatable bonds is 1. The van der Waals surface area contributed by atoms with Crippen molar-refractivity contribution in [3.05, 3.63) is 52.0 Å². The third-order valence-corrected chi connectivity index (χ3v) is 4.37. The monoisotopic (exact) mass is 316 g/mol. The van der Waals surface area contributed by atoms with Gasteiger partial charge in [0.05, 0.1) is 10.5 Å². The van der Waals surface area contributed by atoms with Crippen LogP contribution in [-0.2, 0) is 6.54 Å². The zero-order valence-electron chi connectivity index (χ0n) is 10.9. The van der Waals surface area contributed by atoms with Crippen LogP contribution in [0, 0.1) is 0 Å². The maximum Gasteiger partial charge on any atom is 0.166 e. The van der Waals surface area contributed by atoms with E-state index < -0.39 is 0 Å². The van der Waals surface area contributed by atoms with Crippen molar-refractivity contribution in [1.29, 1.82) is 0 Å². The van der Waals surface area contributed by atoms with Gasteiger partial charge in [-0.1, -0.05) is 23.2 Å². The molecule has 3 nitrogen and oxygen atoms in total. The van der Waals surface area contributed by atoms with E-state index in [1.807, 2.05) is 24.3 Å². The summed E-state index contributed by atoms with van der Waals surface area (Å²) >= 11 is 12.2. The van der Waals surface area contributed by atoms with E-state index in [0.29, 0.717) is 34.1 Å². The lowest BCUT2D eigenvalue weighted by molar-refractivity contribution is 0.0973. The molecule has 5 heteroatoms. The normalized spacial score (nSPS) is 13.9. The number of carbonyl (C=O) groups excluding carboxylic acids is 1. The maximum absolute atomic E-state index is 12.1. The van der Waals surface area contributed by atoms with E-state index in [0.717, 1.165) is 16.9 Å². The zero-order chi connectivity index (χ0) is 14.6. The maximum atomic E-state index is 12.1. The SMILES string of the molecule is O=C1CCn2c(-c3ccc(Cl)cc3)nc3c(Cl)ccc1c32. The van der Waals surface area contributed by atoms with E-state index in [4.69, 9.17) is 23.2 Å². The number of aromatic nitrogens is 2. The Morgan fingerprint density at radius 3 is 2.57 bits per heavy atom. The minimum atomic E-state index is 0.145. The fourth-order valence-corrected chi connectivity index (χ4v) is 3.14. The van der Waals surface area contributed by atoms with Crippen LogP contribution in [0.25, 0.3) is 22.4 Å². The number of halogens is 2. The summed E-state index contributed by atoms with van der Waals surface area (Å²) in [6.45, 7) is 0.626. The third kappa shape index (κ3) is 1.88. The highest BCUT2D eigenvalue weighted by molar-refractivity contribution is 6.35. The second-order valence-electron chi connectivity index (χ2n) is 5.06. The van der Waals surface area contributed by atoms with Crippen molar-refractivity contribution >= 4 is 40.0 Å². The first-order valence-electron chi connectivity index (χ1n) is 6.63. The summed E-state index contributed by atoms with van der Waals surface area (Å²) in [5, 5.41) is 1.25. The molecule has 3 aromatic rings. The molecule has 0 saturated heterocycles. The predicted molar refractivity (Wildman–Crippen MR) is 84.1 cm³/mol. The zero-order valence-corrected chi connectivity index (χ0v) is 12.4. The van der Waals surface area contributed by atoms with Crippen LogP contribution >= 0.6 is 23.2 Å². The summed E-state index contributed by atoms with van der Waals surface area (Å²) in [6, 6.07) is 11.1. The second-order valence-corrected chi connectivity index (χ2v) is 5.90. The Kier molecular flexibility index (Phi) is 2.81. The number of ketones is 1. The van der Waals surface area contributed by atoms with Crippen LogP contribution in [0.3, 0.4) is 0 Å². The first-order chi connectivity index (χ1) is 10.1. The van der Waals surface area contributed by atoms with Crippen LogP contribution in [0.2, 0.25) is 10.0 Å². The molecule has 0 N–H and O–H groups in total. The number of aryl methyl sites for hydroxylation is 1. The van der Waals surface area contributed by atoms with E-state index in [1.165, 1.54) is 0 Å². The molecule has 0 radical (unpaired) electrons. The van der Waals surface area contributed by atoms with Gasteiger partial charge in [-0.15, -0.1) is 0 Å². The molecule has 1 aliphatic heterocycles. The van der Waals surface area contributed by atoms with Crippen LogP contribution in [0.5, 0.6) is 0 Å². The smallest absolute Gasteiger partial charge is 0.166 e. The Labute approximate surface area is 131 Å². The van der Waals surface area contributed by atoms with Crippen molar-refractivity contribution in [2.24, 2.45) is 0 Å². The van der Waals surface area contributed by atoms with Gasteiger partial charge in [0.25, 0.3) is 0 Å². The molecule has 0 spiro atoms. The van der Waals surface area contributed by atoms with Gasteiger partial charge in [0.2, 0.25) is 0 Å². The molecular formula is C16H10Cl2N2O. The molecule has 0 unspecified atom stereocenters. The lowest BCUT2D eigenvalue weighted by Gasteiger charge is -2.16. The third-order valence-electron chi connectivity index (χ3n) is 3.81. The molecule has 0 fully saturated rings. The van der Waals surface area contributed by atoms with E-state index in [-0.39, 0.29) is 5.78 Å². The van der Waals surface area contributed by atoms with Crippen LogP contribution in [0.15, 0.2) is 36.4 Å².